The molecule has 0 saturated carbocycles. The molecule has 0 atom stereocenters. The second kappa shape index (κ2) is 5.19. The summed E-state index contributed by atoms with van der Waals surface area (Å²) in [6.45, 7) is 1.43. The number of carbonyl (C=O) groups excluding carboxylic acids is 1. The summed E-state index contributed by atoms with van der Waals surface area (Å²) in [6.07, 6.45) is 3.28. The molecule has 0 saturated heterocycles. The number of nitrogens with two attached hydrogens (primary N) is 2. The van der Waals surface area contributed by atoms with E-state index in [9.17, 15) is 4.79 Å². The van der Waals surface area contributed by atoms with Gasteiger partial charge in [0.25, 0.3) is 0 Å². The quantitative estimate of drug-likeness (QED) is 0.608. The number of aryl methyl sites for hydroxylation is 1. The molecule has 0 unspecified atom stereocenters. The fourth-order valence-corrected chi connectivity index (χ4v) is 2.24. The van der Waals surface area contributed by atoms with Crippen molar-refractivity contribution in [1.29, 1.82) is 0 Å². The first-order chi connectivity index (χ1) is 8.22. The number of hydrogen-bond acceptors (Lipinski definition) is 3. The highest BCUT2D eigenvalue weighted by Crippen LogP contribution is 2.29. The van der Waals surface area contributed by atoms with Crippen LogP contribution >= 0.6 is 0 Å². The minimum absolute atomic E-state index is 0.208. The van der Waals surface area contributed by atoms with Gasteiger partial charge in [0, 0.05) is 24.3 Å². The lowest BCUT2D eigenvalue weighted by atomic mass is 10.00. The van der Waals surface area contributed by atoms with Crippen molar-refractivity contribution in [2.75, 3.05) is 23.7 Å². The second-order valence-electron chi connectivity index (χ2n) is 4.43. The number of benzene rings is 1. The fourth-order valence-electron chi connectivity index (χ4n) is 2.24. The lowest BCUT2D eigenvalue weighted by Gasteiger charge is -2.29. The average Bonchev–Trinajstić information content (AvgIpc) is 2.32. The zero-order valence-corrected chi connectivity index (χ0v) is 9.98. The number of amides is 1. The van der Waals surface area contributed by atoms with Crippen LogP contribution in [0.1, 0.15) is 24.8 Å². The summed E-state index contributed by atoms with van der Waals surface area (Å²) in [5, 5.41) is 0. The third-order valence-corrected chi connectivity index (χ3v) is 3.14. The van der Waals surface area contributed by atoms with Gasteiger partial charge in [-0.1, -0.05) is 0 Å². The topological polar surface area (TPSA) is 72.3 Å². The molecule has 0 fully saturated rings. The summed E-state index contributed by atoms with van der Waals surface area (Å²) < 4.78 is 0. The van der Waals surface area contributed by atoms with Gasteiger partial charge in [0.05, 0.1) is 0 Å². The zero-order valence-electron chi connectivity index (χ0n) is 9.98. The van der Waals surface area contributed by atoms with Crippen molar-refractivity contribution >= 4 is 17.3 Å². The Morgan fingerprint density at radius 3 is 2.82 bits per heavy atom. The Hall–Kier alpha value is -1.55. The lowest BCUT2D eigenvalue weighted by molar-refractivity contribution is -0.118. The molecule has 0 spiro atoms. The summed E-state index contributed by atoms with van der Waals surface area (Å²) in [7, 11) is 0. The molecule has 0 aliphatic carbocycles. The summed E-state index contributed by atoms with van der Waals surface area (Å²) in [5.74, 6) is 0.208. The van der Waals surface area contributed by atoms with Gasteiger partial charge in [0.1, 0.15) is 0 Å². The smallest absolute Gasteiger partial charge is 0.227 e. The van der Waals surface area contributed by atoms with Crippen molar-refractivity contribution in [2.45, 2.75) is 25.7 Å². The first-order valence-corrected chi connectivity index (χ1v) is 6.11. The molecule has 1 heterocycles. The number of nitrogens with zero attached hydrogens (tertiary/aromatic N) is 1. The predicted molar refractivity (Wildman–Crippen MR) is 69.8 cm³/mol. The molecule has 0 radical (unpaired) electrons. The maximum atomic E-state index is 11.9. The molecule has 92 valence electrons. The first-order valence-electron chi connectivity index (χ1n) is 6.11. The number of nitrogen functional groups attached to an aromatic ring is 1. The minimum Gasteiger partial charge on any atom is -0.399 e. The van der Waals surface area contributed by atoms with Gasteiger partial charge in [-0.25, -0.2) is 0 Å². The van der Waals surface area contributed by atoms with Crippen molar-refractivity contribution in [3.05, 3.63) is 23.8 Å². The summed E-state index contributed by atoms with van der Waals surface area (Å²) >= 11 is 0. The van der Waals surface area contributed by atoms with Crippen LogP contribution in [0.2, 0.25) is 0 Å². The Kier molecular flexibility index (Phi) is 3.64. The molecule has 1 aromatic carbocycles. The van der Waals surface area contributed by atoms with Crippen LogP contribution in [0.4, 0.5) is 11.4 Å². The molecule has 1 aliphatic heterocycles. The molecule has 0 bridgehead atoms. The number of unbranched alkanes of at least 4 members (excludes halogenated alkanes) is 1. The first kappa shape index (κ1) is 11.9. The van der Waals surface area contributed by atoms with Crippen molar-refractivity contribution in [3.63, 3.8) is 0 Å². The van der Waals surface area contributed by atoms with Crippen LogP contribution in [0.25, 0.3) is 0 Å². The van der Waals surface area contributed by atoms with E-state index in [0.29, 0.717) is 13.0 Å². The Morgan fingerprint density at radius 2 is 2.06 bits per heavy atom. The van der Waals surface area contributed by atoms with Crippen molar-refractivity contribution in [3.8, 4) is 0 Å². The van der Waals surface area contributed by atoms with Gasteiger partial charge in [0.15, 0.2) is 0 Å². The Balaban J connectivity index is 2.18. The van der Waals surface area contributed by atoms with Gasteiger partial charge in [0.2, 0.25) is 5.91 Å². The molecular formula is C13H19N3O. The average molecular weight is 233 g/mol. The SMILES string of the molecule is NCCCCN1C(=O)CCc2cc(N)ccc21. The van der Waals surface area contributed by atoms with E-state index in [-0.39, 0.29) is 5.91 Å². The van der Waals surface area contributed by atoms with Crippen LogP contribution < -0.4 is 16.4 Å². The van der Waals surface area contributed by atoms with E-state index in [1.807, 2.05) is 23.1 Å². The van der Waals surface area contributed by atoms with Gasteiger partial charge < -0.3 is 16.4 Å². The molecular weight excluding hydrogens is 214 g/mol. The van der Waals surface area contributed by atoms with Gasteiger partial charge in [-0.3, -0.25) is 4.79 Å². The molecule has 0 aromatic heterocycles. The van der Waals surface area contributed by atoms with E-state index in [4.69, 9.17) is 11.5 Å². The van der Waals surface area contributed by atoms with Crippen molar-refractivity contribution < 1.29 is 4.79 Å². The van der Waals surface area contributed by atoms with Crippen LogP contribution in [-0.2, 0) is 11.2 Å². The van der Waals surface area contributed by atoms with E-state index in [1.165, 1.54) is 5.56 Å². The van der Waals surface area contributed by atoms with Crippen LogP contribution in [0.3, 0.4) is 0 Å². The highest BCUT2D eigenvalue weighted by molar-refractivity contribution is 5.96. The summed E-state index contributed by atoms with van der Waals surface area (Å²) in [5.41, 5.74) is 14.2. The number of fused-ring (bicyclic) bond motifs is 1. The fraction of sp³-hybridized carbons (Fsp3) is 0.462. The number of anilines is 2. The van der Waals surface area contributed by atoms with Crippen molar-refractivity contribution in [2.24, 2.45) is 5.73 Å². The molecule has 4 N–H and O–H groups in total. The largest absolute Gasteiger partial charge is 0.399 e. The van der Waals surface area contributed by atoms with Gasteiger partial charge in [-0.05, 0) is 49.6 Å². The van der Waals surface area contributed by atoms with Crippen LogP contribution in [0.5, 0.6) is 0 Å². The second-order valence-corrected chi connectivity index (χ2v) is 4.43. The molecule has 4 heteroatoms. The monoisotopic (exact) mass is 233 g/mol. The Morgan fingerprint density at radius 1 is 1.24 bits per heavy atom. The van der Waals surface area contributed by atoms with E-state index >= 15 is 0 Å². The van der Waals surface area contributed by atoms with Crippen LogP contribution in [0.15, 0.2) is 18.2 Å². The van der Waals surface area contributed by atoms with E-state index in [0.717, 1.165) is 37.2 Å². The highest BCUT2D eigenvalue weighted by Gasteiger charge is 2.23. The minimum atomic E-state index is 0.208. The van der Waals surface area contributed by atoms with Gasteiger partial charge >= 0.3 is 0 Å². The number of carbonyl (C=O) groups is 1. The Labute approximate surface area is 102 Å². The molecule has 1 aliphatic rings. The summed E-state index contributed by atoms with van der Waals surface area (Å²) in [6, 6.07) is 5.77. The molecule has 1 aromatic rings. The molecule has 2 rings (SSSR count). The maximum absolute atomic E-state index is 11.9. The third kappa shape index (κ3) is 2.58. The molecule has 17 heavy (non-hydrogen) atoms. The van der Waals surface area contributed by atoms with E-state index < -0.39 is 0 Å². The maximum Gasteiger partial charge on any atom is 0.227 e. The van der Waals surface area contributed by atoms with Gasteiger partial charge in [-0.15, -0.1) is 0 Å². The number of rotatable bonds is 4. The summed E-state index contributed by atoms with van der Waals surface area (Å²) in [4.78, 5) is 13.8. The number of hydrogen-bond donors (Lipinski definition) is 2. The normalized spacial score (nSPS) is 14.9. The van der Waals surface area contributed by atoms with Crippen molar-refractivity contribution in [1.82, 2.24) is 0 Å². The van der Waals surface area contributed by atoms with Gasteiger partial charge in [-0.2, -0.15) is 0 Å². The standard InChI is InChI=1S/C13H19N3O/c14-7-1-2-8-16-12-5-4-11(15)9-10(12)3-6-13(16)17/h4-5,9H,1-3,6-8,14-15H2. The lowest BCUT2D eigenvalue weighted by Crippen LogP contribution is -2.36. The van der Waals surface area contributed by atoms with E-state index in [1.54, 1.807) is 0 Å². The highest BCUT2D eigenvalue weighted by atomic mass is 16.2. The van der Waals surface area contributed by atoms with Crippen LogP contribution in [0, 0.1) is 0 Å². The molecule has 1 amide bonds. The Bertz CT molecular complexity index is 417. The van der Waals surface area contributed by atoms with E-state index in [2.05, 4.69) is 0 Å². The zero-order chi connectivity index (χ0) is 12.3. The third-order valence-electron chi connectivity index (χ3n) is 3.14. The van der Waals surface area contributed by atoms with Crippen LogP contribution in [-0.4, -0.2) is 19.0 Å². The molecule has 4 nitrogen and oxygen atoms in total. The predicted octanol–water partition coefficient (Wildman–Crippen LogP) is 1.29.